The third kappa shape index (κ3) is 4.13. The molecule has 4 heterocycles. The van der Waals surface area contributed by atoms with Gasteiger partial charge in [0.1, 0.15) is 11.2 Å². The minimum absolute atomic E-state index is 0.263. The maximum absolute atomic E-state index is 12.4. The highest BCUT2D eigenvalue weighted by Crippen LogP contribution is 2.29. The first-order valence-corrected chi connectivity index (χ1v) is 11.2. The molecule has 0 unspecified atom stereocenters. The lowest BCUT2D eigenvalue weighted by Gasteiger charge is -2.29. The molecule has 0 spiro atoms. The van der Waals surface area contributed by atoms with Crippen molar-refractivity contribution >= 4 is 22.8 Å². The molecule has 1 aliphatic heterocycles. The van der Waals surface area contributed by atoms with Crippen molar-refractivity contribution in [2.75, 3.05) is 44.9 Å². The fourth-order valence-corrected chi connectivity index (χ4v) is 4.19. The monoisotopic (exact) mass is 461 g/mol. The van der Waals surface area contributed by atoms with Crippen molar-refractivity contribution in [1.29, 1.82) is 0 Å². The van der Waals surface area contributed by atoms with E-state index in [0.717, 1.165) is 35.4 Å². The van der Waals surface area contributed by atoms with Crippen LogP contribution >= 0.6 is 0 Å². The van der Waals surface area contributed by atoms with Gasteiger partial charge in [0.15, 0.2) is 11.5 Å². The van der Waals surface area contributed by atoms with Gasteiger partial charge in [-0.15, -0.1) is 0 Å². The zero-order valence-electron chi connectivity index (χ0n) is 19.3. The molecule has 176 valence electrons. The first-order valence-electron chi connectivity index (χ1n) is 11.2. The second-order valence-electron chi connectivity index (χ2n) is 8.26. The third-order valence-corrected chi connectivity index (χ3v) is 5.92. The van der Waals surface area contributed by atoms with E-state index in [0.29, 0.717) is 43.5 Å². The van der Waals surface area contributed by atoms with Crippen molar-refractivity contribution in [2.24, 2.45) is 5.73 Å². The van der Waals surface area contributed by atoms with E-state index in [1.165, 1.54) is 4.68 Å². The van der Waals surface area contributed by atoms with Crippen LogP contribution in [0.1, 0.15) is 16.1 Å². The lowest BCUT2D eigenvalue weighted by Crippen LogP contribution is -2.36. The summed E-state index contributed by atoms with van der Waals surface area (Å²) in [5, 5.41) is 4.74. The van der Waals surface area contributed by atoms with Crippen molar-refractivity contribution in [2.45, 2.75) is 13.5 Å². The topological polar surface area (TPSA) is 113 Å². The first kappa shape index (κ1) is 22.1. The Hall–Kier alpha value is -3.76. The van der Waals surface area contributed by atoms with Crippen LogP contribution in [-0.4, -0.2) is 70.2 Å². The molecule has 0 radical (unpaired) electrons. The normalized spacial score (nSPS) is 14.1. The number of pyridine rings is 1. The lowest BCUT2D eigenvalue weighted by molar-refractivity contribution is 0.0992. The summed E-state index contributed by atoms with van der Waals surface area (Å²) in [6.07, 6.45) is 1.76. The second-order valence-corrected chi connectivity index (χ2v) is 8.26. The summed E-state index contributed by atoms with van der Waals surface area (Å²) >= 11 is 0. The Morgan fingerprint density at radius 1 is 1.21 bits per heavy atom. The average Bonchev–Trinajstić information content (AvgIpc) is 3.48. The Morgan fingerprint density at radius 2 is 2.03 bits per heavy atom. The summed E-state index contributed by atoms with van der Waals surface area (Å²) in [7, 11) is 1.66. The number of aromatic nitrogens is 5. The van der Waals surface area contributed by atoms with Crippen molar-refractivity contribution < 1.29 is 14.3 Å². The van der Waals surface area contributed by atoms with Crippen molar-refractivity contribution in [3.05, 3.63) is 54.0 Å². The highest BCUT2D eigenvalue weighted by Gasteiger charge is 2.22. The Bertz CT molecular complexity index is 1340. The molecular formula is C24H27N7O3. The number of carbonyl (C=O) groups is 1. The largest absolute Gasteiger partial charge is 0.383 e. The third-order valence-electron chi connectivity index (χ3n) is 5.92. The summed E-state index contributed by atoms with van der Waals surface area (Å²) in [5.74, 6) is -0.0741. The number of carbonyl (C=O) groups excluding carboxylic acids is 1. The van der Waals surface area contributed by atoms with Gasteiger partial charge >= 0.3 is 0 Å². The van der Waals surface area contributed by atoms with Crippen LogP contribution < -0.4 is 10.6 Å². The van der Waals surface area contributed by atoms with E-state index in [2.05, 4.69) is 9.88 Å². The molecule has 1 amide bonds. The second kappa shape index (κ2) is 9.24. The number of hydrogen-bond acceptors (Lipinski definition) is 7. The van der Waals surface area contributed by atoms with E-state index < -0.39 is 5.91 Å². The summed E-state index contributed by atoms with van der Waals surface area (Å²) in [4.78, 5) is 24.1. The van der Waals surface area contributed by atoms with Crippen LogP contribution in [0.5, 0.6) is 0 Å². The predicted octanol–water partition coefficient (Wildman–Crippen LogP) is 2.17. The predicted molar refractivity (Wildman–Crippen MR) is 128 cm³/mol. The molecule has 0 saturated carbocycles. The van der Waals surface area contributed by atoms with E-state index in [4.69, 9.17) is 25.3 Å². The van der Waals surface area contributed by atoms with Gasteiger partial charge < -0.3 is 24.7 Å². The van der Waals surface area contributed by atoms with Gasteiger partial charge in [-0.25, -0.2) is 14.6 Å². The minimum Gasteiger partial charge on any atom is -0.383 e. The molecule has 1 saturated heterocycles. The number of morpholine rings is 1. The maximum atomic E-state index is 12.4. The van der Waals surface area contributed by atoms with Gasteiger partial charge in [-0.3, -0.25) is 4.79 Å². The molecule has 10 nitrogen and oxygen atoms in total. The molecule has 10 heteroatoms. The quantitative estimate of drug-likeness (QED) is 0.449. The number of aryl methyl sites for hydroxylation is 1. The van der Waals surface area contributed by atoms with Crippen molar-refractivity contribution in [1.82, 2.24) is 24.3 Å². The van der Waals surface area contributed by atoms with Gasteiger partial charge in [0.05, 0.1) is 37.5 Å². The summed E-state index contributed by atoms with van der Waals surface area (Å²) in [6, 6.07) is 11.6. The Kier molecular flexibility index (Phi) is 5.99. The first-order chi connectivity index (χ1) is 16.5. The van der Waals surface area contributed by atoms with Gasteiger partial charge in [-0.05, 0) is 19.1 Å². The molecule has 1 aliphatic rings. The SMILES string of the molecule is COCCn1cnc2c(N3CCOCC3)cc(-n3nc(-c4cccc(C)c4)cc3C(N)=O)nc21. The smallest absolute Gasteiger partial charge is 0.267 e. The Labute approximate surface area is 196 Å². The Morgan fingerprint density at radius 3 is 2.76 bits per heavy atom. The summed E-state index contributed by atoms with van der Waals surface area (Å²) < 4.78 is 14.3. The number of anilines is 1. The van der Waals surface area contributed by atoms with Crippen LogP contribution in [0.4, 0.5) is 5.69 Å². The fourth-order valence-electron chi connectivity index (χ4n) is 4.19. The molecule has 5 rings (SSSR count). The van der Waals surface area contributed by atoms with Gasteiger partial charge in [0.25, 0.3) is 5.91 Å². The highest BCUT2D eigenvalue weighted by atomic mass is 16.5. The van der Waals surface area contributed by atoms with Crippen LogP contribution in [0, 0.1) is 6.92 Å². The zero-order valence-corrected chi connectivity index (χ0v) is 19.3. The number of rotatable bonds is 7. The van der Waals surface area contributed by atoms with Crippen LogP contribution in [0.15, 0.2) is 42.7 Å². The number of amides is 1. The van der Waals surface area contributed by atoms with Gasteiger partial charge in [0.2, 0.25) is 0 Å². The van der Waals surface area contributed by atoms with E-state index >= 15 is 0 Å². The maximum Gasteiger partial charge on any atom is 0.267 e. The Balaban J connectivity index is 1.69. The molecule has 1 aromatic carbocycles. The number of fused-ring (bicyclic) bond motifs is 1. The van der Waals surface area contributed by atoms with E-state index in [1.807, 2.05) is 41.8 Å². The van der Waals surface area contributed by atoms with Crippen LogP contribution in [0.3, 0.4) is 0 Å². The average molecular weight is 462 g/mol. The molecule has 0 aliphatic carbocycles. The van der Waals surface area contributed by atoms with Crippen molar-refractivity contribution in [3.63, 3.8) is 0 Å². The fraction of sp³-hybridized carbons (Fsp3) is 0.333. The van der Waals surface area contributed by atoms with Crippen molar-refractivity contribution in [3.8, 4) is 17.1 Å². The number of ether oxygens (including phenoxy) is 2. The highest BCUT2D eigenvalue weighted by molar-refractivity contribution is 5.93. The number of imidazole rings is 1. The standard InChI is InChI=1S/C24H27N7O3/c1-16-4-3-5-17(12-16)18-13-20(23(25)32)31(28-18)21-14-19(29-7-10-34-11-8-29)22-24(27-21)30(15-26-22)6-9-33-2/h3-5,12-15H,6-11H2,1-2H3,(H2,25,32). The molecule has 3 aromatic heterocycles. The molecule has 1 fully saturated rings. The number of primary amides is 1. The van der Waals surface area contributed by atoms with Crippen LogP contribution in [0.2, 0.25) is 0 Å². The van der Waals surface area contributed by atoms with Gasteiger partial charge in [-0.1, -0.05) is 23.8 Å². The molecule has 2 N–H and O–H groups in total. The molecular weight excluding hydrogens is 434 g/mol. The van der Waals surface area contributed by atoms with Crippen LogP contribution in [-0.2, 0) is 16.0 Å². The number of methoxy groups -OCH3 is 1. The number of nitrogens with zero attached hydrogens (tertiary/aromatic N) is 6. The van der Waals surface area contributed by atoms with E-state index in [-0.39, 0.29) is 5.69 Å². The molecule has 0 atom stereocenters. The summed E-state index contributed by atoms with van der Waals surface area (Å²) in [5.41, 5.74) is 11.1. The molecule has 34 heavy (non-hydrogen) atoms. The summed E-state index contributed by atoms with van der Waals surface area (Å²) in [6.45, 7) is 5.88. The minimum atomic E-state index is -0.575. The lowest BCUT2D eigenvalue weighted by atomic mass is 10.1. The van der Waals surface area contributed by atoms with Gasteiger partial charge in [-0.2, -0.15) is 5.10 Å². The molecule has 4 aromatic rings. The molecule has 0 bridgehead atoms. The number of hydrogen-bond donors (Lipinski definition) is 1. The number of nitrogens with two attached hydrogens (primary N) is 1. The van der Waals surface area contributed by atoms with Gasteiger partial charge in [0, 0.05) is 38.4 Å². The van der Waals surface area contributed by atoms with E-state index in [9.17, 15) is 4.79 Å². The van der Waals surface area contributed by atoms with Crippen LogP contribution in [0.25, 0.3) is 28.2 Å². The number of benzene rings is 1. The van der Waals surface area contributed by atoms with E-state index in [1.54, 1.807) is 19.5 Å². The zero-order chi connectivity index (χ0) is 23.7.